The first-order valence-corrected chi connectivity index (χ1v) is 3.66. The Labute approximate surface area is 77.3 Å². The molecule has 1 saturated carbocycles. The lowest BCUT2D eigenvalue weighted by Gasteiger charge is -2.22. The van der Waals surface area contributed by atoms with Gasteiger partial charge in [-0.15, -0.1) is 17.0 Å². The fourth-order valence-electron chi connectivity index (χ4n) is 0.905. The Kier molecular flexibility index (Phi) is 5.50. The first kappa shape index (κ1) is 10.9. The van der Waals surface area contributed by atoms with Gasteiger partial charge in [0.25, 0.3) is 0 Å². The Morgan fingerprint density at radius 3 is 2.64 bits per heavy atom. The molecule has 1 fully saturated rings. The molecule has 0 atom stereocenters. The Morgan fingerprint density at radius 2 is 2.27 bits per heavy atom. The molecule has 0 spiro atoms. The van der Waals surface area contributed by atoms with E-state index in [9.17, 15) is 4.79 Å². The van der Waals surface area contributed by atoms with Crippen molar-refractivity contribution in [1.29, 1.82) is 0 Å². The third-order valence-corrected chi connectivity index (χ3v) is 1.80. The molecule has 0 aromatic carbocycles. The summed E-state index contributed by atoms with van der Waals surface area (Å²) in [6.07, 6.45) is 3.21. The van der Waals surface area contributed by atoms with Crippen molar-refractivity contribution in [3.63, 3.8) is 0 Å². The van der Waals surface area contributed by atoms with Crippen LogP contribution < -0.4 is 5.32 Å². The van der Waals surface area contributed by atoms with Gasteiger partial charge in [-0.2, -0.15) is 0 Å². The number of carbonyl (C=O) groups excluding carboxylic acids is 1. The first-order valence-electron chi connectivity index (χ1n) is 3.66. The molecule has 4 heteroatoms. The fourth-order valence-corrected chi connectivity index (χ4v) is 0.905. The highest BCUT2D eigenvalue weighted by molar-refractivity contribution is 8.93. The molecule has 3 nitrogen and oxygen atoms in total. The number of hydrogen-bond donors (Lipinski definition) is 1. The standard InChI is InChI=1S/C7H13NO2.BrH/c1-8-5-10-7(9)6-3-2-4-6;/h6,8H,2-5H2,1H3;1H. The summed E-state index contributed by atoms with van der Waals surface area (Å²) in [4.78, 5) is 10.9. The average Bonchev–Trinajstić information content (AvgIpc) is 1.79. The van der Waals surface area contributed by atoms with Gasteiger partial charge in [0.2, 0.25) is 0 Å². The maximum Gasteiger partial charge on any atom is 0.310 e. The number of rotatable bonds is 3. The van der Waals surface area contributed by atoms with E-state index >= 15 is 0 Å². The van der Waals surface area contributed by atoms with E-state index in [1.54, 1.807) is 7.05 Å². The van der Waals surface area contributed by atoms with Crippen molar-refractivity contribution in [1.82, 2.24) is 5.32 Å². The summed E-state index contributed by atoms with van der Waals surface area (Å²) in [6.45, 7) is 0.343. The van der Waals surface area contributed by atoms with Crippen LogP contribution in [-0.2, 0) is 9.53 Å². The fraction of sp³-hybridized carbons (Fsp3) is 0.857. The molecule has 0 radical (unpaired) electrons. The first-order chi connectivity index (χ1) is 4.84. The highest BCUT2D eigenvalue weighted by atomic mass is 79.9. The second-order valence-electron chi connectivity index (χ2n) is 2.59. The summed E-state index contributed by atoms with van der Waals surface area (Å²) >= 11 is 0. The van der Waals surface area contributed by atoms with Crippen LogP contribution >= 0.6 is 17.0 Å². The number of halogens is 1. The van der Waals surface area contributed by atoms with Gasteiger partial charge >= 0.3 is 5.97 Å². The molecule has 0 unspecified atom stereocenters. The van der Waals surface area contributed by atoms with Crippen LogP contribution in [0.25, 0.3) is 0 Å². The SMILES string of the molecule is Br.CNCOC(=O)C1CCC1. The maximum absolute atomic E-state index is 10.9. The van der Waals surface area contributed by atoms with Gasteiger partial charge in [-0.3, -0.25) is 10.1 Å². The Bertz CT molecular complexity index is 126. The van der Waals surface area contributed by atoms with Gasteiger partial charge in [0.15, 0.2) is 0 Å². The third kappa shape index (κ3) is 3.20. The molecular weight excluding hydrogens is 210 g/mol. The van der Waals surface area contributed by atoms with Crippen LogP contribution in [0.3, 0.4) is 0 Å². The van der Waals surface area contributed by atoms with Crippen LogP contribution in [0, 0.1) is 5.92 Å². The van der Waals surface area contributed by atoms with Crippen LogP contribution in [-0.4, -0.2) is 19.7 Å². The van der Waals surface area contributed by atoms with Crippen LogP contribution in [0.4, 0.5) is 0 Å². The summed E-state index contributed by atoms with van der Waals surface area (Å²) in [5.41, 5.74) is 0. The quantitative estimate of drug-likeness (QED) is 0.576. The maximum atomic E-state index is 10.9. The average molecular weight is 224 g/mol. The van der Waals surface area contributed by atoms with E-state index in [4.69, 9.17) is 4.74 Å². The zero-order chi connectivity index (χ0) is 7.40. The van der Waals surface area contributed by atoms with Gasteiger partial charge in [-0.05, 0) is 19.9 Å². The molecule has 0 amide bonds. The topological polar surface area (TPSA) is 38.3 Å². The molecule has 66 valence electrons. The molecule has 0 bridgehead atoms. The Balaban J connectivity index is 0.000001000. The number of ether oxygens (including phenoxy) is 1. The normalized spacial score (nSPS) is 16.5. The number of nitrogens with one attached hydrogen (secondary N) is 1. The van der Waals surface area contributed by atoms with Gasteiger partial charge < -0.3 is 4.74 Å². The van der Waals surface area contributed by atoms with Crippen LogP contribution in [0.5, 0.6) is 0 Å². The summed E-state index contributed by atoms with van der Waals surface area (Å²) in [6, 6.07) is 0. The van der Waals surface area contributed by atoms with Crippen LogP contribution in [0.1, 0.15) is 19.3 Å². The van der Waals surface area contributed by atoms with Gasteiger partial charge in [-0.1, -0.05) is 6.42 Å². The predicted molar refractivity (Wildman–Crippen MR) is 47.7 cm³/mol. The van der Waals surface area contributed by atoms with Crippen molar-refractivity contribution in [2.24, 2.45) is 5.92 Å². The van der Waals surface area contributed by atoms with E-state index in [-0.39, 0.29) is 28.9 Å². The highest BCUT2D eigenvalue weighted by Gasteiger charge is 2.26. The summed E-state index contributed by atoms with van der Waals surface area (Å²) < 4.78 is 4.85. The van der Waals surface area contributed by atoms with Crippen molar-refractivity contribution < 1.29 is 9.53 Å². The minimum absolute atomic E-state index is 0. The molecule has 0 aromatic rings. The van der Waals surface area contributed by atoms with E-state index in [2.05, 4.69) is 5.32 Å². The predicted octanol–water partition coefficient (Wildman–Crippen LogP) is 1.08. The minimum atomic E-state index is -0.0411. The van der Waals surface area contributed by atoms with E-state index in [0.29, 0.717) is 6.73 Å². The Hall–Kier alpha value is -0.0900. The molecule has 1 aliphatic rings. The largest absolute Gasteiger partial charge is 0.450 e. The lowest BCUT2D eigenvalue weighted by atomic mass is 9.86. The van der Waals surface area contributed by atoms with E-state index in [1.165, 1.54) is 6.42 Å². The summed E-state index contributed by atoms with van der Waals surface area (Å²) in [5, 5.41) is 2.76. The van der Waals surface area contributed by atoms with Crippen molar-refractivity contribution >= 4 is 23.0 Å². The molecule has 1 N–H and O–H groups in total. The van der Waals surface area contributed by atoms with E-state index in [0.717, 1.165) is 12.8 Å². The molecule has 0 heterocycles. The lowest BCUT2D eigenvalue weighted by molar-refractivity contribution is -0.152. The molecule has 0 aromatic heterocycles. The van der Waals surface area contributed by atoms with Crippen molar-refractivity contribution in [3.8, 4) is 0 Å². The smallest absolute Gasteiger partial charge is 0.310 e. The third-order valence-electron chi connectivity index (χ3n) is 1.80. The van der Waals surface area contributed by atoms with Crippen molar-refractivity contribution in [2.45, 2.75) is 19.3 Å². The molecule has 0 aliphatic heterocycles. The molecule has 11 heavy (non-hydrogen) atoms. The zero-order valence-corrected chi connectivity index (χ0v) is 8.34. The number of esters is 1. The second kappa shape index (κ2) is 5.55. The van der Waals surface area contributed by atoms with Crippen molar-refractivity contribution in [3.05, 3.63) is 0 Å². The van der Waals surface area contributed by atoms with Gasteiger partial charge in [-0.25, -0.2) is 0 Å². The minimum Gasteiger partial charge on any atom is -0.450 e. The van der Waals surface area contributed by atoms with E-state index in [1.807, 2.05) is 0 Å². The van der Waals surface area contributed by atoms with E-state index < -0.39 is 0 Å². The summed E-state index contributed by atoms with van der Waals surface area (Å²) in [5.74, 6) is 0.161. The lowest BCUT2D eigenvalue weighted by Crippen LogP contribution is -2.27. The molecular formula is C7H14BrNO2. The zero-order valence-electron chi connectivity index (χ0n) is 6.63. The molecule has 1 rings (SSSR count). The van der Waals surface area contributed by atoms with Gasteiger partial charge in [0, 0.05) is 0 Å². The van der Waals surface area contributed by atoms with Gasteiger partial charge in [0.1, 0.15) is 6.73 Å². The monoisotopic (exact) mass is 223 g/mol. The Morgan fingerprint density at radius 1 is 1.64 bits per heavy atom. The summed E-state index contributed by atoms with van der Waals surface area (Å²) in [7, 11) is 1.76. The second-order valence-corrected chi connectivity index (χ2v) is 2.59. The van der Waals surface area contributed by atoms with Crippen LogP contribution in [0.2, 0.25) is 0 Å². The molecule has 0 saturated heterocycles. The molecule has 1 aliphatic carbocycles. The number of hydrogen-bond acceptors (Lipinski definition) is 3. The van der Waals surface area contributed by atoms with Crippen molar-refractivity contribution in [2.75, 3.05) is 13.8 Å². The van der Waals surface area contributed by atoms with Crippen LogP contribution in [0.15, 0.2) is 0 Å². The highest BCUT2D eigenvalue weighted by Crippen LogP contribution is 2.27. The number of carbonyl (C=O) groups is 1. The van der Waals surface area contributed by atoms with Gasteiger partial charge in [0.05, 0.1) is 5.92 Å².